The summed E-state index contributed by atoms with van der Waals surface area (Å²) in [6.45, 7) is 9.48. The molecule has 2 aliphatic rings. The lowest BCUT2D eigenvalue weighted by Crippen LogP contribution is -2.74. The van der Waals surface area contributed by atoms with E-state index in [-0.39, 0.29) is 11.5 Å². The molecule has 0 N–H and O–H groups in total. The molecule has 10 aromatic rings. The number of hydrogen-bond acceptors (Lipinski definition) is 1. The quantitative estimate of drug-likeness (QED) is 0.133. The summed E-state index contributed by atoms with van der Waals surface area (Å²) >= 11 is 0. The third-order valence-corrected chi connectivity index (χ3v) is 13.7. The maximum absolute atomic E-state index is 6.69. The molecule has 54 heavy (non-hydrogen) atoms. The fourth-order valence-electron chi connectivity index (χ4n) is 11.6. The molecular formula is C50H39N3O+2. The molecule has 0 amide bonds. The second-order valence-corrected chi connectivity index (χ2v) is 15.5. The minimum absolute atomic E-state index is 0.129. The standard InChI is InChI=1S/C50H39N3O/c1-4-49(5-2)50(6-3,45-28-31-16-7-8-17-32(31)40-21-11-13-26-51(40)45)39-30-43-37(29-38(39)41-22-12-14-27-52(41)49)34-19-15-20-36-46-42(53(43)47(34)36)25-24-35-33-18-9-10-23-44(33)54-48(35)46/h4,7-27,29-30,45H,1,5-6,28H2,2-3H3/q+2. The van der Waals surface area contributed by atoms with Gasteiger partial charge in [-0.15, -0.1) is 0 Å². The fourth-order valence-corrected chi connectivity index (χ4v) is 11.6. The van der Waals surface area contributed by atoms with Gasteiger partial charge in [0.1, 0.15) is 16.6 Å². The molecule has 0 fully saturated rings. The minimum Gasteiger partial charge on any atom is -0.455 e. The lowest BCUT2D eigenvalue weighted by molar-refractivity contribution is -0.787. The Labute approximate surface area is 313 Å². The van der Waals surface area contributed by atoms with Crippen molar-refractivity contribution in [2.45, 2.75) is 50.1 Å². The third kappa shape index (κ3) is 3.37. The monoisotopic (exact) mass is 697 g/mol. The number of rotatable bonds is 4. The van der Waals surface area contributed by atoms with Crippen LogP contribution in [-0.4, -0.2) is 4.40 Å². The number of furan rings is 1. The topological polar surface area (TPSA) is 25.3 Å². The molecule has 5 aromatic heterocycles. The average molecular weight is 698 g/mol. The van der Waals surface area contributed by atoms with Crippen LogP contribution in [0.5, 0.6) is 0 Å². The van der Waals surface area contributed by atoms with E-state index in [9.17, 15) is 0 Å². The van der Waals surface area contributed by atoms with E-state index in [1.54, 1.807) is 0 Å². The summed E-state index contributed by atoms with van der Waals surface area (Å²) in [5.74, 6) is 0. The van der Waals surface area contributed by atoms with Crippen molar-refractivity contribution in [1.82, 2.24) is 4.40 Å². The Morgan fingerprint density at radius 2 is 1.48 bits per heavy atom. The number of hydrogen-bond donors (Lipinski definition) is 0. The van der Waals surface area contributed by atoms with Crippen molar-refractivity contribution < 1.29 is 13.6 Å². The molecule has 0 bridgehead atoms. The predicted molar refractivity (Wildman–Crippen MR) is 219 cm³/mol. The molecule has 0 aliphatic carbocycles. The molecule has 3 atom stereocenters. The van der Waals surface area contributed by atoms with Gasteiger partial charge in [-0.1, -0.05) is 75.0 Å². The predicted octanol–water partition coefficient (Wildman–Crippen LogP) is 11.4. The highest BCUT2D eigenvalue weighted by Crippen LogP contribution is 2.58. The van der Waals surface area contributed by atoms with E-state index in [1.165, 1.54) is 77.1 Å². The van der Waals surface area contributed by atoms with Gasteiger partial charge in [-0.2, -0.15) is 9.13 Å². The molecule has 0 saturated heterocycles. The van der Waals surface area contributed by atoms with Gasteiger partial charge in [-0.3, -0.25) is 0 Å². The first-order valence-corrected chi connectivity index (χ1v) is 19.4. The molecule has 2 aliphatic heterocycles. The van der Waals surface area contributed by atoms with E-state index in [2.05, 4.69) is 173 Å². The van der Waals surface area contributed by atoms with Crippen LogP contribution in [-0.2, 0) is 17.4 Å². The second-order valence-electron chi connectivity index (χ2n) is 15.5. The normalized spacial score (nSPS) is 20.5. The lowest BCUT2D eigenvalue weighted by atomic mass is 9.53. The summed E-state index contributed by atoms with van der Waals surface area (Å²) in [6.07, 6.45) is 9.70. The van der Waals surface area contributed by atoms with Gasteiger partial charge in [0.2, 0.25) is 16.9 Å². The number of fused-ring (bicyclic) bond motifs is 16. The molecule has 4 heteroatoms. The highest BCUT2D eigenvalue weighted by Gasteiger charge is 2.67. The Morgan fingerprint density at radius 3 is 2.35 bits per heavy atom. The molecule has 4 nitrogen and oxygen atoms in total. The molecule has 258 valence electrons. The number of allylic oxidation sites excluding steroid dienone is 1. The van der Waals surface area contributed by atoms with Gasteiger partial charge in [0.05, 0.1) is 27.5 Å². The molecule has 0 saturated carbocycles. The maximum Gasteiger partial charge on any atom is 0.213 e. The molecule has 3 unspecified atom stereocenters. The summed E-state index contributed by atoms with van der Waals surface area (Å²) in [6, 6.07) is 47.5. The third-order valence-electron chi connectivity index (χ3n) is 13.7. The number of nitrogens with zero attached hydrogens (tertiary/aromatic N) is 3. The Morgan fingerprint density at radius 1 is 0.704 bits per heavy atom. The summed E-state index contributed by atoms with van der Waals surface area (Å²) in [4.78, 5) is 0. The minimum atomic E-state index is -0.406. The van der Waals surface area contributed by atoms with Crippen molar-refractivity contribution in [3.8, 4) is 22.5 Å². The van der Waals surface area contributed by atoms with Crippen molar-refractivity contribution in [1.29, 1.82) is 0 Å². The summed E-state index contributed by atoms with van der Waals surface area (Å²) < 4.78 is 14.4. The van der Waals surface area contributed by atoms with Crippen LogP contribution in [0, 0.1) is 0 Å². The van der Waals surface area contributed by atoms with E-state index in [0.717, 1.165) is 35.8 Å². The van der Waals surface area contributed by atoms with Crippen LogP contribution >= 0.6 is 0 Å². The Hall–Kier alpha value is -6.26. The zero-order valence-corrected chi connectivity index (χ0v) is 30.5. The second kappa shape index (κ2) is 10.4. The summed E-state index contributed by atoms with van der Waals surface area (Å²) in [5.41, 5.74) is 12.8. The van der Waals surface area contributed by atoms with Gasteiger partial charge in [0.15, 0.2) is 18.4 Å². The van der Waals surface area contributed by atoms with E-state index in [0.29, 0.717) is 0 Å². The van der Waals surface area contributed by atoms with E-state index < -0.39 is 5.54 Å². The van der Waals surface area contributed by atoms with Crippen LogP contribution in [0.25, 0.3) is 82.5 Å². The molecule has 12 rings (SSSR count). The fraction of sp³-hybridized carbons (Fsp3) is 0.160. The van der Waals surface area contributed by atoms with Gasteiger partial charge in [-0.25, -0.2) is 0 Å². The van der Waals surface area contributed by atoms with Gasteiger partial charge >= 0.3 is 0 Å². The van der Waals surface area contributed by atoms with Crippen molar-refractivity contribution in [3.63, 3.8) is 0 Å². The maximum atomic E-state index is 6.69. The Kier molecular flexibility index (Phi) is 5.85. The van der Waals surface area contributed by atoms with Gasteiger partial charge in [-0.05, 0) is 72.2 Å². The van der Waals surface area contributed by atoms with Crippen molar-refractivity contribution >= 4 is 60.0 Å². The van der Waals surface area contributed by atoms with Crippen molar-refractivity contribution in [3.05, 3.63) is 164 Å². The molecule has 0 spiro atoms. The highest BCUT2D eigenvalue weighted by molar-refractivity contribution is 6.29. The SMILES string of the molecule is C=CC1(CC)[n+]2ccccc2-c2cc3c4cccc5c6c7oc8ccccc8c7ccc6n(c3cc2C1(CC)C1Cc2ccccc2-c2cccc[n+]21)c45. The number of benzene rings is 5. The average Bonchev–Trinajstić information content (AvgIpc) is 3.89. The van der Waals surface area contributed by atoms with Crippen LogP contribution in [0.15, 0.2) is 157 Å². The molecule has 7 heterocycles. The number of pyridine rings is 2. The molecular weight excluding hydrogens is 659 g/mol. The molecule has 0 radical (unpaired) electrons. The van der Waals surface area contributed by atoms with E-state index >= 15 is 0 Å². The van der Waals surface area contributed by atoms with Gasteiger partial charge < -0.3 is 8.82 Å². The zero-order chi connectivity index (χ0) is 35.9. The Balaban J connectivity index is 1.25. The van der Waals surface area contributed by atoms with Crippen molar-refractivity contribution in [2.75, 3.05) is 0 Å². The van der Waals surface area contributed by atoms with Crippen molar-refractivity contribution in [2.24, 2.45) is 0 Å². The summed E-state index contributed by atoms with van der Waals surface area (Å²) in [5, 5.41) is 7.31. The van der Waals surface area contributed by atoms with Crippen LogP contribution in [0.3, 0.4) is 0 Å². The molecule has 5 aromatic carbocycles. The van der Waals surface area contributed by atoms with Gasteiger partial charge in [0, 0.05) is 69.6 Å². The first-order chi connectivity index (χ1) is 26.6. The largest absolute Gasteiger partial charge is 0.455 e. The smallest absolute Gasteiger partial charge is 0.213 e. The Bertz CT molecular complexity index is 3220. The number of para-hydroxylation sites is 2. The zero-order valence-electron chi connectivity index (χ0n) is 30.5. The van der Waals surface area contributed by atoms with Crippen LogP contribution < -0.4 is 9.13 Å². The first kappa shape index (κ1) is 30.2. The van der Waals surface area contributed by atoms with Crippen LogP contribution in [0.4, 0.5) is 0 Å². The summed E-state index contributed by atoms with van der Waals surface area (Å²) in [7, 11) is 0. The lowest BCUT2D eigenvalue weighted by Gasteiger charge is -2.50. The van der Waals surface area contributed by atoms with Crippen LogP contribution in [0.2, 0.25) is 0 Å². The van der Waals surface area contributed by atoms with Gasteiger partial charge in [0.25, 0.3) is 0 Å². The van der Waals surface area contributed by atoms with E-state index in [4.69, 9.17) is 11.0 Å². The van der Waals surface area contributed by atoms with E-state index in [1.807, 2.05) is 0 Å². The number of aromatic nitrogens is 3. The van der Waals surface area contributed by atoms with Crippen LogP contribution in [0.1, 0.15) is 43.9 Å². The highest BCUT2D eigenvalue weighted by atomic mass is 16.3. The first-order valence-electron chi connectivity index (χ1n) is 19.4.